The fourth-order valence-electron chi connectivity index (χ4n) is 2.10. The van der Waals surface area contributed by atoms with E-state index in [4.69, 9.17) is 26.3 Å². The lowest BCUT2D eigenvalue weighted by atomic mass is 10.2. The van der Waals surface area contributed by atoms with Crippen molar-refractivity contribution < 1.29 is 9.47 Å². The molecular formula is C13H14ClNO2. The van der Waals surface area contributed by atoms with E-state index < -0.39 is 0 Å². The molecule has 2 rings (SSSR count). The van der Waals surface area contributed by atoms with Crippen molar-refractivity contribution >= 4 is 11.6 Å². The van der Waals surface area contributed by atoms with Gasteiger partial charge in [-0.2, -0.15) is 5.26 Å². The Bertz CT molecular complexity index is 447. The van der Waals surface area contributed by atoms with Crippen molar-refractivity contribution in [3.8, 4) is 17.6 Å². The number of rotatable bonds is 3. The van der Waals surface area contributed by atoms with Crippen molar-refractivity contribution in [1.82, 2.24) is 0 Å². The molecular weight excluding hydrogens is 238 g/mol. The predicted octanol–water partition coefficient (Wildman–Crippen LogP) is 3.54. The number of nitriles is 1. The summed E-state index contributed by atoms with van der Waals surface area (Å²) >= 11 is 5.91. The van der Waals surface area contributed by atoms with Crippen LogP contribution in [-0.2, 0) is 0 Å². The maximum atomic E-state index is 9.09. The van der Waals surface area contributed by atoms with Gasteiger partial charge in [-0.15, -0.1) is 0 Å². The van der Waals surface area contributed by atoms with E-state index in [1.165, 1.54) is 12.8 Å². The highest BCUT2D eigenvalue weighted by Gasteiger charge is 2.21. The first-order chi connectivity index (χ1) is 8.24. The Kier molecular flexibility index (Phi) is 3.75. The van der Waals surface area contributed by atoms with Crippen LogP contribution in [0.3, 0.4) is 0 Å². The molecule has 1 fully saturated rings. The van der Waals surface area contributed by atoms with E-state index in [2.05, 4.69) is 6.07 Å². The van der Waals surface area contributed by atoms with Gasteiger partial charge in [-0.3, -0.25) is 0 Å². The van der Waals surface area contributed by atoms with E-state index in [-0.39, 0.29) is 6.10 Å². The van der Waals surface area contributed by atoms with E-state index in [9.17, 15) is 0 Å². The van der Waals surface area contributed by atoms with Gasteiger partial charge in [0.2, 0.25) is 0 Å². The number of ether oxygens (including phenoxy) is 2. The fraction of sp³-hybridized carbons (Fsp3) is 0.462. The summed E-state index contributed by atoms with van der Waals surface area (Å²) in [4.78, 5) is 0. The maximum absolute atomic E-state index is 9.09. The van der Waals surface area contributed by atoms with Gasteiger partial charge < -0.3 is 9.47 Å². The van der Waals surface area contributed by atoms with Gasteiger partial charge in [-0.1, -0.05) is 11.6 Å². The van der Waals surface area contributed by atoms with Crippen molar-refractivity contribution in [3.63, 3.8) is 0 Å². The van der Waals surface area contributed by atoms with Crippen LogP contribution in [0.4, 0.5) is 0 Å². The van der Waals surface area contributed by atoms with E-state index in [0.717, 1.165) is 12.8 Å². The van der Waals surface area contributed by atoms with E-state index in [1.54, 1.807) is 19.2 Å². The Morgan fingerprint density at radius 2 is 2.06 bits per heavy atom. The zero-order valence-corrected chi connectivity index (χ0v) is 10.5. The number of hydrogen-bond donors (Lipinski definition) is 0. The molecule has 3 nitrogen and oxygen atoms in total. The molecule has 1 aliphatic rings. The zero-order valence-electron chi connectivity index (χ0n) is 9.70. The molecule has 1 aromatic rings. The molecule has 0 spiro atoms. The Morgan fingerprint density at radius 3 is 2.65 bits per heavy atom. The molecule has 0 saturated heterocycles. The highest BCUT2D eigenvalue weighted by atomic mass is 35.5. The topological polar surface area (TPSA) is 42.2 Å². The van der Waals surface area contributed by atoms with Gasteiger partial charge in [0.25, 0.3) is 0 Å². The zero-order chi connectivity index (χ0) is 12.3. The summed E-state index contributed by atoms with van der Waals surface area (Å²) in [5.74, 6) is 1.05. The standard InChI is InChI=1S/C13H14ClNO2/c1-16-12-7-10(14)6-9(8-15)13(12)17-11-4-2-3-5-11/h6-7,11H,2-5H2,1H3. The minimum atomic E-state index is 0.192. The number of nitrogens with zero attached hydrogens (tertiary/aromatic N) is 1. The number of hydrogen-bond acceptors (Lipinski definition) is 3. The van der Waals surface area contributed by atoms with Gasteiger partial charge in [-0.25, -0.2) is 0 Å². The van der Waals surface area contributed by atoms with Crippen LogP contribution >= 0.6 is 11.6 Å². The third kappa shape index (κ3) is 2.65. The first-order valence-electron chi connectivity index (χ1n) is 5.69. The predicted molar refractivity (Wildman–Crippen MR) is 65.6 cm³/mol. The maximum Gasteiger partial charge on any atom is 0.179 e. The van der Waals surface area contributed by atoms with Crippen molar-refractivity contribution in [3.05, 3.63) is 22.7 Å². The Labute approximate surface area is 106 Å². The van der Waals surface area contributed by atoms with E-state index in [1.807, 2.05) is 0 Å². The van der Waals surface area contributed by atoms with Crippen molar-refractivity contribution in [2.45, 2.75) is 31.8 Å². The Morgan fingerprint density at radius 1 is 1.35 bits per heavy atom. The van der Waals surface area contributed by atoms with Gasteiger partial charge in [0.05, 0.1) is 18.8 Å². The van der Waals surface area contributed by atoms with Crippen molar-refractivity contribution in [2.75, 3.05) is 7.11 Å². The molecule has 1 aromatic carbocycles. The molecule has 0 N–H and O–H groups in total. The van der Waals surface area contributed by atoms with Crippen LogP contribution in [0.2, 0.25) is 5.02 Å². The number of halogens is 1. The largest absolute Gasteiger partial charge is 0.493 e. The molecule has 4 heteroatoms. The second-order valence-corrected chi connectivity index (χ2v) is 4.56. The average molecular weight is 252 g/mol. The van der Waals surface area contributed by atoms with Crippen LogP contribution < -0.4 is 9.47 Å². The lowest BCUT2D eigenvalue weighted by molar-refractivity contribution is 0.200. The molecule has 0 bridgehead atoms. The van der Waals surface area contributed by atoms with Gasteiger partial charge >= 0.3 is 0 Å². The van der Waals surface area contributed by atoms with Crippen LogP contribution in [0.25, 0.3) is 0 Å². The van der Waals surface area contributed by atoms with Crippen LogP contribution in [0.1, 0.15) is 31.2 Å². The molecule has 90 valence electrons. The van der Waals surface area contributed by atoms with Crippen LogP contribution in [0.15, 0.2) is 12.1 Å². The van der Waals surface area contributed by atoms with E-state index >= 15 is 0 Å². The smallest absolute Gasteiger partial charge is 0.179 e. The summed E-state index contributed by atoms with van der Waals surface area (Å²) in [7, 11) is 1.55. The SMILES string of the molecule is COc1cc(Cl)cc(C#N)c1OC1CCCC1. The fourth-order valence-corrected chi connectivity index (χ4v) is 2.31. The summed E-state index contributed by atoms with van der Waals surface area (Å²) in [5.41, 5.74) is 0.432. The first-order valence-corrected chi connectivity index (χ1v) is 6.06. The molecule has 1 saturated carbocycles. The van der Waals surface area contributed by atoms with Crippen molar-refractivity contribution in [2.24, 2.45) is 0 Å². The molecule has 0 amide bonds. The molecule has 0 heterocycles. The van der Waals surface area contributed by atoms with Gasteiger partial charge in [-0.05, 0) is 31.7 Å². The molecule has 1 aliphatic carbocycles. The summed E-state index contributed by atoms with van der Waals surface area (Å²) in [5, 5.41) is 9.58. The second kappa shape index (κ2) is 5.29. The monoisotopic (exact) mass is 251 g/mol. The summed E-state index contributed by atoms with van der Waals surface area (Å²) in [6.07, 6.45) is 4.63. The molecule has 17 heavy (non-hydrogen) atoms. The summed E-state index contributed by atoms with van der Waals surface area (Å²) in [6, 6.07) is 5.37. The van der Waals surface area contributed by atoms with Gasteiger partial charge in [0.1, 0.15) is 6.07 Å². The lowest BCUT2D eigenvalue weighted by Gasteiger charge is -2.17. The Balaban J connectivity index is 2.32. The summed E-state index contributed by atoms with van der Waals surface area (Å²) in [6.45, 7) is 0. The number of methoxy groups -OCH3 is 1. The lowest BCUT2D eigenvalue weighted by Crippen LogP contribution is -2.12. The van der Waals surface area contributed by atoms with Crippen LogP contribution in [-0.4, -0.2) is 13.2 Å². The van der Waals surface area contributed by atoms with Crippen molar-refractivity contribution in [1.29, 1.82) is 5.26 Å². The molecule has 0 aliphatic heterocycles. The Hall–Kier alpha value is -1.40. The van der Waals surface area contributed by atoms with Gasteiger partial charge in [0.15, 0.2) is 11.5 Å². The molecule has 0 unspecified atom stereocenters. The van der Waals surface area contributed by atoms with E-state index in [0.29, 0.717) is 22.1 Å². The summed E-state index contributed by atoms with van der Waals surface area (Å²) < 4.78 is 11.1. The minimum Gasteiger partial charge on any atom is -0.493 e. The minimum absolute atomic E-state index is 0.192. The third-order valence-corrected chi connectivity index (χ3v) is 3.16. The number of benzene rings is 1. The van der Waals surface area contributed by atoms with Gasteiger partial charge in [0, 0.05) is 11.1 Å². The third-order valence-electron chi connectivity index (χ3n) is 2.95. The average Bonchev–Trinajstić information content (AvgIpc) is 2.83. The highest BCUT2D eigenvalue weighted by molar-refractivity contribution is 6.30. The highest BCUT2D eigenvalue weighted by Crippen LogP contribution is 2.36. The normalized spacial score (nSPS) is 15.6. The molecule has 0 radical (unpaired) electrons. The second-order valence-electron chi connectivity index (χ2n) is 4.12. The first kappa shape index (κ1) is 12.1. The van der Waals surface area contributed by atoms with Crippen LogP contribution in [0, 0.1) is 11.3 Å². The molecule has 0 atom stereocenters. The molecule has 0 aromatic heterocycles. The van der Waals surface area contributed by atoms with Crippen LogP contribution in [0.5, 0.6) is 11.5 Å². The quantitative estimate of drug-likeness (QED) is 0.825.